The Balaban J connectivity index is 1.81. The predicted molar refractivity (Wildman–Crippen MR) is 85.2 cm³/mol. The van der Waals surface area contributed by atoms with E-state index in [0.717, 1.165) is 13.1 Å². The number of carbonyl (C=O) groups is 1. The molecule has 2 aliphatic heterocycles. The van der Waals surface area contributed by atoms with E-state index in [1.54, 1.807) is 4.90 Å². The monoisotopic (exact) mass is 332 g/mol. The molecule has 2 atom stereocenters. The van der Waals surface area contributed by atoms with Crippen molar-refractivity contribution in [1.29, 1.82) is 0 Å². The number of aliphatic hydroxyl groups is 1. The fourth-order valence-electron chi connectivity index (χ4n) is 2.92. The molecule has 0 unspecified atom stereocenters. The number of aliphatic hydroxyl groups excluding tert-OH is 1. The van der Waals surface area contributed by atoms with Crippen molar-refractivity contribution in [3.05, 3.63) is 0 Å². The van der Waals surface area contributed by atoms with Gasteiger partial charge < -0.3 is 10.0 Å². The zero-order valence-corrected chi connectivity index (χ0v) is 14.6. The molecule has 2 saturated heterocycles. The third kappa shape index (κ3) is 4.43. The van der Waals surface area contributed by atoms with Gasteiger partial charge in [0.25, 0.3) is 0 Å². The minimum atomic E-state index is -3.01. The number of β-amino-alcohol motifs (C(OH)–C–C–N with tert-alkyl or cyclic N) is 1. The quantitative estimate of drug-likeness (QED) is 0.785. The molecule has 0 bridgehead atoms. The van der Waals surface area contributed by atoms with Gasteiger partial charge in [0.2, 0.25) is 5.91 Å². The first-order chi connectivity index (χ1) is 10.1. The van der Waals surface area contributed by atoms with Crippen LogP contribution >= 0.6 is 0 Å². The van der Waals surface area contributed by atoms with E-state index in [1.807, 2.05) is 20.8 Å². The Hall–Kier alpha value is -0.660. The van der Waals surface area contributed by atoms with Crippen LogP contribution < -0.4 is 0 Å². The molecule has 2 aliphatic rings. The highest BCUT2D eigenvalue weighted by Crippen LogP contribution is 2.23. The van der Waals surface area contributed by atoms with Crippen LogP contribution in [0.5, 0.6) is 0 Å². The van der Waals surface area contributed by atoms with Crippen LogP contribution in [0.25, 0.3) is 0 Å². The summed E-state index contributed by atoms with van der Waals surface area (Å²) in [5, 5.41) is 10.2. The summed E-state index contributed by atoms with van der Waals surface area (Å²) in [4.78, 5) is 16.3. The van der Waals surface area contributed by atoms with Crippen molar-refractivity contribution >= 4 is 15.7 Å². The average Bonchev–Trinajstić information content (AvgIpc) is 2.78. The average molecular weight is 332 g/mol. The standard InChI is InChI=1S/C15H28N2O4S/c1-15(2,3)13(18)10-16-5-7-17(8-6-16)14(19)12-4-9-22(20,21)11-12/h12-13,18H,4-11H2,1-3H3/t12-,13-/m0/s1. The van der Waals surface area contributed by atoms with Crippen LogP contribution in [0.3, 0.4) is 0 Å². The Labute approximate surface area is 133 Å². The van der Waals surface area contributed by atoms with E-state index in [-0.39, 0.29) is 28.7 Å². The zero-order valence-electron chi connectivity index (χ0n) is 13.8. The normalized spacial score (nSPS) is 27.8. The van der Waals surface area contributed by atoms with Crippen LogP contribution in [-0.2, 0) is 14.6 Å². The molecule has 128 valence electrons. The third-order valence-corrected chi connectivity index (χ3v) is 6.46. The highest BCUT2D eigenvalue weighted by Gasteiger charge is 2.36. The molecular formula is C15H28N2O4S. The van der Waals surface area contributed by atoms with Crippen LogP contribution in [0.15, 0.2) is 0 Å². The van der Waals surface area contributed by atoms with Gasteiger partial charge in [0, 0.05) is 32.7 Å². The summed E-state index contributed by atoms with van der Waals surface area (Å²) in [6, 6.07) is 0. The lowest BCUT2D eigenvalue weighted by molar-refractivity contribution is -0.136. The van der Waals surface area contributed by atoms with Gasteiger partial charge >= 0.3 is 0 Å². The minimum absolute atomic E-state index is 0.00872. The molecule has 0 saturated carbocycles. The van der Waals surface area contributed by atoms with Gasteiger partial charge in [-0.05, 0) is 11.8 Å². The Morgan fingerprint density at radius 2 is 1.82 bits per heavy atom. The molecule has 1 amide bonds. The van der Waals surface area contributed by atoms with E-state index in [0.29, 0.717) is 26.1 Å². The van der Waals surface area contributed by atoms with Crippen molar-refractivity contribution in [2.45, 2.75) is 33.3 Å². The molecule has 6 nitrogen and oxygen atoms in total. The number of nitrogens with zero attached hydrogens (tertiary/aromatic N) is 2. The second kappa shape index (κ2) is 6.45. The molecule has 0 aliphatic carbocycles. The first kappa shape index (κ1) is 17.7. The molecule has 7 heteroatoms. The largest absolute Gasteiger partial charge is 0.391 e. The summed E-state index contributed by atoms with van der Waals surface area (Å²) in [5.74, 6) is -0.218. The summed E-state index contributed by atoms with van der Waals surface area (Å²) in [6.45, 7) is 9.35. The van der Waals surface area contributed by atoms with Gasteiger partial charge in [-0.3, -0.25) is 9.69 Å². The Morgan fingerprint density at radius 1 is 1.23 bits per heavy atom. The van der Waals surface area contributed by atoms with Crippen molar-refractivity contribution < 1.29 is 18.3 Å². The maximum Gasteiger partial charge on any atom is 0.226 e. The lowest BCUT2D eigenvalue weighted by atomic mass is 9.89. The number of rotatable bonds is 3. The van der Waals surface area contributed by atoms with Crippen molar-refractivity contribution in [3.8, 4) is 0 Å². The Morgan fingerprint density at radius 3 is 2.27 bits per heavy atom. The molecule has 1 N–H and O–H groups in total. The topological polar surface area (TPSA) is 77.9 Å². The first-order valence-electron chi connectivity index (χ1n) is 7.98. The van der Waals surface area contributed by atoms with Gasteiger partial charge in [0.05, 0.1) is 23.5 Å². The van der Waals surface area contributed by atoms with Crippen LogP contribution in [0.2, 0.25) is 0 Å². The zero-order chi connectivity index (χ0) is 16.5. The second-order valence-electron chi connectivity index (χ2n) is 7.61. The fraction of sp³-hybridized carbons (Fsp3) is 0.933. The number of piperazine rings is 1. The molecule has 0 aromatic heterocycles. The van der Waals surface area contributed by atoms with Gasteiger partial charge in [-0.15, -0.1) is 0 Å². The molecule has 0 aromatic rings. The summed E-state index contributed by atoms with van der Waals surface area (Å²) in [6.07, 6.45) is 0.0686. The summed E-state index contributed by atoms with van der Waals surface area (Å²) < 4.78 is 23.0. The lowest BCUT2D eigenvalue weighted by Gasteiger charge is -2.38. The molecule has 22 heavy (non-hydrogen) atoms. The van der Waals surface area contributed by atoms with Gasteiger partial charge in [-0.25, -0.2) is 8.42 Å². The number of hydrogen-bond acceptors (Lipinski definition) is 5. The maximum absolute atomic E-state index is 12.4. The maximum atomic E-state index is 12.4. The first-order valence-corrected chi connectivity index (χ1v) is 9.80. The van der Waals surface area contributed by atoms with Crippen molar-refractivity contribution in [2.75, 3.05) is 44.2 Å². The SMILES string of the molecule is CC(C)(C)[C@@H](O)CN1CCN(C(=O)[C@H]2CCS(=O)(=O)C2)CC1. The highest BCUT2D eigenvalue weighted by atomic mass is 32.2. The highest BCUT2D eigenvalue weighted by molar-refractivity contribution is 7.91. The number of sulfone groups is 1. The van der Waals surface area contributed by atoms with Crippen LogP contribution in [0.1, 0.15) is 27.2 Å². The van der Waals surface area contributed by atoms with Crippen LogP contribution in [0, 0.1) is 11.3 Å². The fourth-order valence-corrected chi connectivity index (χ4v) is 4.65. The second-order valence-corrected chi connectivity index (χ2v) is 9.84. The predicted octanol–water partition coefficient (Wildman–Crippen LogP) is -0.0277. The van der Waals surface area contributed by atoms with Crippen molar-refractivity contribution in [2.24, 2.45) is 11.3 Å². The number of hydrogen-bond donors (Lipinski definition) is 1. The molecule has 0 spiro atoms. The minimum Gasteiger partial charge on any atom is -0.391 e. The van der Waals surface area contributed by atoms with Crippen LogP contribution in [-0.4, -0.2) is 79.6 Å². The van der Waals surface area contributed by atoms with Gasteiger partial charge in [0.15, 0.2) is 9.84 Å². The molecule has 2 fully saturated rings. The Bertz CT molecular complexity index is 504. The summed E-state index contributed by atoms with van der Waals surface area (Å²) in [5.41, 5.74) is -0.148. The van der Waals surface area contributed by atoms with E-state index in [2.05, 4.69) is 4.90 Å². The van der Waals surface area contributed by atoms with E-state index in [4.69, 9.17) is 0 Å². The van der Waals surface area contributed by atoms with E-state index in [1.165, 1.54) is 0 Å². The molecular weight excluding hydrogens is 304 g/mol. The number of carbonyl (C=O) groups excluding carboxylic acids is 1. The van der Waals surface area contributed by atoms with E-state index in [9.17, 15) is 18.3 Å². The smallest absolute Gasteiger partial charge is 0.226 e. The van der Waals surface area contributed by atoms with Crippen molar-refractivity contribution in [3.63, 3.8) is 0 Å². The number of amides is 1. The molecule has 2 heterocycles. The molecule has 0 radical (unpaired) electrons. The third-order valence-electron chi connectivity index (χ3n) is 4.70. The van der Waals surface area contributed by atoms with Crippen LogP contribution in [0.4, 0.5) is 0 Å². The van der Waals surface area contributed by atoms with Gasteiger partial charge in [0.1, 0.15) is 0 Å². The van der Waals surface area contributed by atoms with Gasteiger partial charge in [-0.1, -0.05) is 20.8 Å². The Kier molecular flexibility index (Phi) is 5.19. The van der Waals surface area contributed by atoms with E-state index >= 15 is 0 Å². The molecule has 0 aromatic carbocycles. The lowest BCUT2D eigenvalue weighted by Crippen LogP contribution is -2.53. The summed E-state index contributed by atoms with van der Waals surface area (Å²) in [7, 11) is -3.01. The van der Waals surface area contributed by atoms with Gasteiger partial charge in [-0.2, -0.15) is 0 Å². The molecule has 2 rings (SSSR count). The van der Waals surface area contributed by atoms with E-state index < -0.39 is 15.9 Å². The summed E-state index contributed by atoms with van der Waals surface area (Å²) >= 11 is 0. The van der Waals surface area contributed by atoms with Crippen molar-refractivity contribution in [1.82, 2.24) is 9.80 Å².